The first kappa shape index (κ1) is 19.2. The highest BCUT2D eigenvalue weighted by atomic mass is 16.1. The molecule has 1 amide bonds. The van der Waals surface area contributed by atoms with Crippen molar-refractivity contribution in [3.05, 3.63) is 71.5 Å². The molecule has 1 aliphatic rings. The van der Waals surface area contributed by atoms with Crippen molar-refractivity contribution in [3.8, 4) is 5.69 Å². The zero-order valence-corrected chi connectivity index (χ0v) is 17.2. The molecule has 1 fully saturated rings. The van der Waals surface area contributed by atoms with Gasteiger partial charge in [0.05, 0.1) is 23.1 Å². The Bertz CT molecular complexity index is 1000. The molecule has 1 aliphatic heterocycles. The summed E-state index contributed by atoms with van der Waals surface area (Å²) in [6, 6.07) is 16.0. The van der Waals surface area contributed by atoms with Crippen molar-refractivity contribution in [3.63, 3.8) is 0 Å². The Morgan fingerprint density at radius 2 is 1.72 bits per heavy atom. The molecule has 4 rings (SSSR count). The van der Waals surface area contributed by atoms with E-state index in [1.165, 1.54) is 11.3 Å². The summed E-state index contributed by atoms with van der Waals surface area (Å²) in [5.74, 6) is -0.142. The summed E-state index contributed by atoms with van der Waals surface area (Å²) in [7, 11) is 2.16. The second kappa shape index (κ2) is 8.09. The minimum absolute atomic E-state index is 0.142. The summed E-state index contributed by atoms with van der Waals surface area (Å²) >= 11 is 0. The van der Waals surface area contributed by atoms with Crippen molar-refractivity contribution < 1.29 is 4.79 Å². The van der Waals surface area contributed by atoms with E-state index in [0.29, 0.717) is 5.56 Å². The summed E-state index contributed by atoms with van der Waals surface area (Å²) < 4.78 is 1.79. The fourth-order valence-corrected chi connectivity index (χ4v) is 3.80. The van der Waals surface area contributed by atoms with Crippen molar-refractivity contribution in [1.82, 2.24) is 14.7 Å². The van der Waals surface area contributed by atoms with E-state index in [1.54, 1.807) is 10.9 Å². The van der Waals surface area contributed by atoms with E-state index in [4.69, 9.17) is 0 Å². The van der Waals surface area contributed by atoms with Gasteiger partial charge in [0.25, 0.3) is 5.91 Å². The number of rotatable bonds is 4. The number of nitrogens with one attached hydrogen (secondary N) is 1. The Morgan fingerprint density at radius 3 is 2.41 bits per heavy atom. The Hall–Kier alpha value is -3.12. The molecular formula is C23H27N5O. The molecule has 2 heterocycles. The van der Waals surface area contributed by atoms with Crippen LogP contribution in [-0.2, 0) is 0 Å². The van der Waals surface area contributed by atoms with Crippen LogP contribution in [0.25, 0.3) is 5.69 Å². The molecule has 0 atom stereocenters. The van der Waals surface area contributed by atoms with Crippen LogP contribution in [0.3, 0.4) is 0 Å². The highest BCUT2D eigenvalue weighted by Gasteiger charge is 2.18. The SMILES string of the molecule is Cc1cc(NC(=O)c2cnn(-c3ccccc3)c2C)ccc1N1CCN(C)CC1. The van der Waals surface area contributed by atoms with E-state index in [1.807, 2.05) is 49.4 Å². The average Bonchev–Trinajstić information content (AvgIpc) is 3.11. The van der Waals surface area contributed by atoms with Crippen LogP contribution in [0.15, 0.2) is 54.7 Å². The molecule has 0 unspecified atom stereocenters. The van der Waals surface area contributed by atoms with Crippen LogP contribution < -0.4 is 10.2 Å². The van der Waals surface area contributed by atoms with Crippen molar-refractivity contribution in [2.75, 3.05) is 43.4 Å². The van der Waals surface area contributed by atoms with Gasteiger partial charge < -0.3 is 15.1 Å². The van der Waals surface area contributed by atoms with Gasteiger partial charge in [-0.2, -0.15) is 5.10 Å². The second-order valence-corrected chi connectivity index (χ2v) is 7.64. The number of nitrogens with zero attached hydrogens (tertiary/aromatic N) is 4. The van der Waals surface area contributed by atoms with Gasteiger partial charge in [-0.3, -0.25) is 4.79 Å². The molecule has 1 saturated heterocycles. The smallest absolute Gasteiger partial charge is 0.259 e. The average molecular weight is 390 g/mol. The number of hydrogen-bond acceptors (Lipinski definition) is 4. The third kappa shape index (κ3) is 4.03. The second-order valence-electron chi connectivity index (χ2n) is 7.64. The zero-order chi connectivity index (χ0) is 20.4. The maximum Gasteiger partial charge on any atom is 0.259 e. The quantitative estimate of drug-likeness (QED) is 0.742. The summed E-state index contributed by atoms with van der Waals surface area (Å²) in [6.45, 7) is 8.21. The number of para-hydroxylation sites is 1. The molecule has 0 spiro atoms. The minimum atomic E-state index is -0.142. The molecule has 0 saturated carbocycles. The van der Waals surface area contributed by atoms with E-state index in [0.717, 1.165) is 43.2 Å². The van der Waals surface area contributed by atoms with Crippen molar-refractivity contribution in [1.29, 1.82) is 0 Å². The normalized spacial score (nSPS) is 14.8. The summed E-state index contributed by atoms with van der Waals surface area (Å²) in [6.07, 6.45) is 1.63. The Balaban J connectivity index is 1.49. The predicted molar refractivity (Wildman–Crippen MR) is 117 cm³/mol. The van der Waals surface area contributed by atoms with Gasteiger partial charge in [-0.25, -0.2) is 4.68 Å². The lowest BCUT2D eigenvalue weighted by Gasteiger charge is -2.35. The van der Waals surface area contributed by atoms with Gasteiger partial charge in [0, 0.05) is 37.6 Å². The molecule has 6 heteroatoms. The van der Waals surface area contributed by atoms with Crippen molar-refractivity contribution in [2.45, 2.75) is 13.8 Å². The Morgan fingerprint density at radius 1 is 1.00 bits per heavy atom. The van der Waals surface area contributed by atoms with Crippen LogP contribution in [0, 0.1) is 13.8 Å². The first-order valence-corrected chi connectivity index (χ1v) is 9.98. The van der Waals surface area contributed by atoms with Crippen LogP contribution in [-0.4, -0.2) is 53.8 Å². The topological polar surface area (TPSA) is 53.4 Å². The number of hydrogen-bond donors (Lipinski definition) is 1. The zero-order valence-electron chi connectivity index (χ0n) is 17.2. The van der Waals surface area contributed by atoms with Crippen LogP contribution in [0.2, 0.25) is 0 Å². The van der Waals surface area contributed by atoms with Crippen molar-refractivity contribution in [2.24, 2.45) is 0 Å². The van der Waals surface area contributed by atoms with Gasteiger partial charge in [0.15, 0.2) is 0 Å². The van der Waals surface area contributed by atoms with E-state index < -0.39 is 0 Å². The van der Waals surface area contributed by atoms with E-state index >= 15 is 0 Å². The third-order valence-corrected chi connectivity index (χ3v) is 5.55. The molecule has 0 bridgehead atoms. The molecule has 150 valence electrons. The number of piperazine rings is 1. The molecule has 2 aromatic carbocycles. The Labute approximate surface area is 171 Å². The van der Waals surface area contributed by atoms with Gasteiger partial charge in [0.2, 0.25) is 0 Å². The maximum absolute atomic E-state index is 12.8. The van der Waals surface area contributed by atoms with E-state index in [-0.39, 0.29) is 5.91 Å². The van der Waals surface area contributed by atoms with Gasteiger partial charge in [-0.15, -0.1) is 0 Å². The molecular weight excluding hydrogens is 362 g/mol. The van der Waals surface area contributed by atoms with Gasteiger partial charge >= 0.3 is 0 Å². The lowest BCUT2D eigenvalue weighted by atomic mass is 10.1. The van der Waals surface area contributed by atoms with E-state index in [9.17, 15) is 4.79 Å². The van der Waals surface area contributed by atoms with Crippen molar-refractivity contribution >= 4 is 17.3 Å². The number of likely N-dealkylation sites (N-methyl/N-ethyl adjacent to an activating group) is 1. The number of carbonyl (C=O) groups excluding carboxylic acids is 1. The monoisotopic (exact) mass is 389 g/mol. The van der Waals surface area contributed by atoms with E-state index in [2.05, 4.69) is 40.3 Å². The molecule has 6 nitrogen and oxygen atoms in total. The lowest BCUT2D eigenvalue weighted by Crippen LogP contribution is -2.44. The number of anilines is 2. The molecule has 0 radical (unpaired) electrons. The number of benzene rings is 2. The minimum Gasteiger partial charge on any atom is -0.369 e. The first-order chi connectivity index (χ1) is 14.0. The number of aromatic nitrogens is 2. The molecule has 1 aromatic heterocycles. The Kier molecular flexibility index (Phi) is 5.36. The van der Waals surface area contributed by atoms with Crippen LogP contribution in [0.1, 0.15) is 21.6 Å². The highest BCUT2D eigenvalue weighted by molar-refractivity contribution is 6.05. The van der Waals surface area contributed by atoms with Gasteiger partial charge in [-0.05, 0) is 56.8 Å². The standard InChI is InChI=1S/C23H27N5O/c1-17-15-19(9-10-22(17)27-13-11-26(3)12-14-27)25-23(29)21-16-24-28(18(21)2)20-7-5-4-6-8-20/h4-10,15-16H,11-14H2,1-3H3,(H,25,29). The summed E-state index contributed by atoms with van der Waals surface area (Å²) in [5.41, 5.74) is 5.55. The number of aryl methyl sites for hydroxylation is 1. The molecule has 0 aliphatic carbocycles. The van der Waals surface area contributed by atoms with Crippen LogP contribution in [0.5, 0.6) is 0 Å². The predicted octanol–water partition coefficient (Wildman–Crippen LogP) is 3.49. The lowest BCUT2D eigenvalue weighted by molar-refractivity contribution is 0.102. The number of carbonyl (C=O) groups is 1. The number of amides is 1. The highest BCUT2D eigenvalue weighted by Crippen LogP contribution is 2.25. The fourth-order valence-electron chi connectivity index (χ4n) is 3.80. The van der Waals surface area contributed by atoms with Gasteiger partial charge in [-0.1, -0.05) is 18.2 Å². The third-order valence-electron chi connectivity index (χ3n) is 5.55. The fraction of sp³-hybridized carbons (Fsp3) is 0.304. The van der Waals surface area contributed by atoms with Crippen LogP contribution >= 0.6 is 0 Å². The molecule has 29 heavy (non-hydrogen) atoms. The largest absolute Gasteiger partial charge is 0.369 e. The first-order valence-electron chi connectivity index (χ1n) is 9.98. The molecule has 3 aromatic rings. The summed E-state index contributed by atoms with van der Waals surface area (Å²) in [5, 5.41) is 7.42. The van der Waals surface area contributed by atoms with Gasteiger partial charge in [0.1, 0.15) is 0 Å². The van der Waals surface area contributed by atoms with Crippen LogP contribution in [0.4, 0.5) is 11.4 Å². The molecule has 1 N–H and O–H groups in total. The maximum atomic E-state index is 12.8. The summed E-state index contributed by atoms with van der Waals surface area (Å²) in [4.78, 5) is 17.6.